The van der Waals surface area contributed by atoms with E-state index in [0.717, 1.165) is 24.8 Å². The summed E-state index contributed by atoms with van der Waals surface area (Å²) in [5, 5.41) is 0. The van der Waals surface area contributed by atoms with E-state index in [-0.39, 0.29) is 29.5 Å². The van der Waals surface area contributed by atoms with Crippen molar-refractivity contribution in [2.45, 2.75) is 25.8 Å². The van der Waals surface area contributed by atoms with Gasteiger partial charge in [0, 0.05) is 37.7 Å². The van der Waals surface area contributed by atoms with Crippen LogP contribution in [0.25, 0.3) is 0 Å². The van der Waals surface area contributed by atoms with E-state index in [1.165, 1.54) is 24.3 Å². The van der Waals surface area contributed by atoms with Gasteiger partial charge in [0.25, 0.3) is 5.91 Å². The minimum atomic E-state index is -0.342. The Kier molecular flexibility index (Phi) is 6.26. The van der Waals surface area contributed by atoms with Crippen LogP contribution in [0, 0.1) is 17.7 Å². The second-order valence-electron chi connectivity index (χ2n) is 8.15. The van der Waals surface area contributed by atoms with E-state index in [9.17, 15) is 14.0 Å². The van der Waals surface area contributed by atoms with Gasteiger partial charge in [0.15, 0.2) is 0 Å². The van der Waals surface area contributed by atoms with Crippen molar-refractivity contribution in [3.05, 3.63) is 83.7 Å². The van der Waals surface area contributed by atoms with Crippen molar-refractivity contribution in [2.24, 2.45) is 11.8 Å². The van der Waals surface area contributed by atoms with Crippen LogP contribution in [0.2, 0.25) is 0 Å². The second-order valence-corrected chi connectivity index (χ2v) is 8.15. The van der Waals surface area contributed by atoms with E-state index in [0.29, 0.717) is 31.7 Å². The molecule has 0 saturated carbocycles. The minimum absolute atomic E-state index is 0.0319. The van der Waals surface area contributed by atoms with Crippen molar-refractivity contribution in [1.82, 2.24) is 9.80 Å². The van der Waals surface area contributed by atoms with Crippen molar-refractivity contribution in [2.75, 3.05) is 19.6 Å². The zero-order chi connectivity index (χ0) is 20.9. The summed E-state index contributed by atoms with van der Waals surface area (Å²) in [6.07, 6.45) is 6.62. The van der Waals surface area contributed by atoms with Gasteiger partial charge in [-0.15, -0.1) is 0 Å². The largest absolute Gasteiger partial charge is 0.339 e. The van der Waals surface area contributed by atoms with Gasteiger partial charge in [0.05, 0.1) is 0 Å². The molecule has 1 unspecified atom stereocenters. The standard InChI is InChI=1S/C25H27FN2O2/c26-22-11-9-21(10-12-22)24(29)27-16-13-20(14-17-27)23-8-4-5-15-28(25(23)30)18-19-6-2-1-3-7-19/h1-7,9-12,20,23H,8,13-18H2. The molecule has 0 bridgehead atoms. The van der Waals surface area contributed by atoms with E-state index < -0.39 is 0 Å². The van der Waals surface area contributed by atoms with Gasteiger partial charge in [0.2, 0.25) is 5.91 Å². The monoisotopic (exact) mass is 406 g/mol. The molecule has 5 heteroatoms. The highest BCUT2D eigenvalue weighted by atomic mass is 19.1. The Morgan fingerprint density at radius 3 is 2.37 bits per heavy atom. The maximum atomic E-state index is 13.3. The molecule has 4 rings (SSSR count). The number of rotatable bonds is 4. The smallest absolute Gasteiger partial charge is 0.253 e. The lowest BCUT2D eigenvalue weighted by molar-refractivity contribution is -0.137. The average Bonchev–Trinajstić information content (AvgIpc) is 2.96. The van der Waals surface area contributed by atoms with E-state index in [1.54, 1.807) is 0 Å². The van der Waals surface area contributed by atoms with Crippen LogP contribution in [-0.4, -0.2) is 41.2 Å². The fourth-order valence-corrected chi connectivity index (χ4v) is 4.49. The highest BCUT2D eigenvalue weighted by molar-refractivity contribution is 5.94. The number of likely N-dealkylation sites (tertiary alicyclic amines) is 1. The van der Waals surface area contributed by atoms with Crippen LogP contribution in [0.15, 0.2) is 66.7 Å². The third-order valence-corrected chi connectivity index (χ3v) is 6.21. The highest BCUT2D eigenvalue weighted by Gasteiger charge is 2.35. The SMILES string of the molecule is O=C(c1ccc(F)cc1)N1CCC(C2CC=CCN(Cc3ccccc3)C2=O)CC1. The molecule has 156 valence electrons. The summed E-state index contributed by atoms with van der Waals surface area (Å²) >= 11 is 0. The van der Waals surface area contributed by atoms with E-state index in [1.807, 2.05) is 28.0 Å². The van der Waals surface area contributed by atoms with Crippen LogP contribution < -0.4 is 0 Å². The lowest BCUT2D eigenvalue weighted by Crippen LogP contribution is -2.44. The number of benzene rings is 2. The Hall–Kier alpha value is -2.95. The van der Waals surface area contributed by atoms with Crippen LogP contribution in [0.4, 0.5) is 4.39 Å². The molecule has 0 radical (unpaired) electrons. The number of nitrogens with zero attached hydrogens (tertiary/aromatic N) is 2. The zero-order valence-corrected chi connectivity index (χ0v) is 17.0. The summed E-state index contributed by atoms with van der Waals surface area (Å²) in [5.41, 5.74) is 1.65. The molecule has 0 spiro atoms. The van der Waals surface area contributed by atoms with Gasteiger partial charge in [-0.2, -0.15) is 0 Å². The molecule has 2 aliphatic rings. The number of carbonyl (C=O) groups is 2. The van der Waals surface area contributed by atoms with Crippen LogP contribution in [-0.2, 0) is 11.3 Å². The van der Waals surface area contributed by atoms with E-state index >= 15 is 0 Å². The molecule has 30 heavy (non-hydrogen) atoms. The van der Waals surface area contributed by atoms with Crippen molar-refractivity contribution in [3.63, 3.8) is 0 Å². The maximum absolute atomic E-state index is 13.3. The van der Waals surface area contributed by atoms with E-state index in [4.69, 9.17) is 0 Å². The Bertz CT molecular complexity index is 903. The predicted octanol–water partition coefficient (Wildman–Crippen LogP) is 4.28. The Balaban J connectivity index is 1.38. The topological polar surface area (TPSA) is 40.6 Å². The summed E-state index contributed by atoms with van der Waals surface area (Å²) in [4.78, 5) is 29.7. The van der Waals surface area contributed by atoms with Crippen LogP contribution in [0.1, 0.15) is 35.2 Å². The molecule has 1 atom stereocenters. The van der Waals surface area contributed by atoms with Crippen molar-refractivity contribution in [3.8, 4) is 0 Å². The molecule has 2 aromatic carbocycles. The number of amides is 2. The summed E-state index contributed by atoms with van der Waals surface area (Å²) in [6, 6.07) is 15.8. The summed E-state index contributed by atoms with van der Waals surface area (Å²) in [7, 11) is 0. The third kappa shape index (κ3) is 4.61. The van der Waals surface area contributed by atoms with Gasteiger partial charge in [-0.25, -0.2) is 4.39 Å². The Labute approximate surface area is 177 Å². The fraction of sp³-hybridized carbons (Fsp3) is 0.360. The molecule has 2 aromatic rings. The number of piperidine rings is 1. The molecule has 0 N–H and O–H groups in total. The van der Waals surface area contributed by atoms with Crippen molar-refractivity contribution >= 4 is 11.8 Å². The maximum Gasteiger partial charge on any atom is 0.253 e. The van der Waals surface area contributed by atoms with Gasteiger partial charge in [-0.05, 0) is 55.0 Å². The summed E-state index contributed by atoms with van der Waals surface area (Å²) < 4.78 is 13.1. The first-order valence-electron chi connectivity index (χ1n) is 10.6. The molecule has 4 nitrogen and oxygen atoms in total. The number of hydrogen-bond acceptors (Lipinski definition) is 2. The van der Waals surface area contributed by atoms with Crippen molar-refractivity contribution in [1.29, 1.82) is 0 Å². The number of halogens is 1. The molecular weight excluding hydrogens is 379 g/mol. The second kappa shape index (κ2) is 9.24. The Morgan fingerprint density at radius 1 is 0.967 bits per heavy atom. The number of carbonyl (C=O) groups excluding carboxylic acids is 2. The third-order valence-electron chi connectivity index (χ3n) is 6.21. The molecule has 2 amide bonds. The van der Waals surface area contributed by atoms with Crippen LogP contribution in [0.5, 0.6) is 0 Å². The first-order chi connectivity index (χ1) is 14.6. The average molecular weight is 407 g/mol. The molecular formula is C25H27FN2O2. The summed E-state index contributed by atoms with van der Waals surface area (Å²) in [5.74, 6) is 0.0509. The van der Waals surface area contributed by atoms with Crippen LogP contribution >= 0.6 is 0 Å². The lowest BCUT2D eigenvalue weighted by atomic mass is 9.81. The molecule has 0 aliphatic carbocycles. The fourth-order valence-electron chi connectivity index (χ4n) is 4.49. The highest BCUT2D eigenvalue weighted by Crippen LogP contribution is 2.31. The lowest BCUT2D eigenvalue weighted by Gasteiger charge is -2.36. The molecule has 2 heterocycles. The van der Waals surface area contributed by atoms with Gasteiger partial charge in [-0.3, -0.25) is 9.59 Å². The predicted molar refractivity (Wildman–Crippen MR) is 114 cm³/mol. The van der Waals surface area contributed by atoms with Gasteiger partial charge >= 0.3 is 0 Å². The van der Waals surface area contributed by atoms with Gasteiger partial charge < -0.3 is 9.80 Å². The first-order valence-corrected chi connectivity index (χ1v) is 10.6. The zero-order valence-electron chi connectivity index (χ0n) is 17.0. The molecule has 0 aromatic heterocycles. The van der Waals surface area contributed by atoms with Gasteiger partial charge in [0.1, 0.15) is 5.82 Å². The van der Waals surface area contributed by atoms with Crippen LogP contribution in [0.3, 0.4) is 0 Å². The Morgan fingerprint density at radius 2 is 1.67 bits per heavy atom. The summed E-state index contributed by atoms with van der Waals surface area (Å²) in [6.45, 7) is 2.54. The first kappa shape index (κ1) is 20.3. The van der Waals surface area contributed by atoms with Gasteiger partial charge in [-0.1, -0.05) is 42.5 Å². The quantitative estimate of drug-likeness (QED) is 0.711. The van der Waals surface area contributed by atoms with E-state index in [2.05, 4.69) is 24.3 Å². The number of hydrogen-bond donors (Lipinski definition) is 0. The normalized spacial score (nSPS) is 20.3. The van der Waals surface area contributed by atoms with Crippen molar-refractivity contribution < 1.29 is 14.0 Å². The minimum Gasteiger partial charge on any atom is -0.339 e. The molecule has 1 fully saturated rings. The molecule has 1 saturated heterocycles. The molecule has 2 aliphatic heterocycles. The number of allylic oxidation sites excluding steroid dienone is 1.